The van der Waals surface area contributed by atoms with Crippen LogP contribution < -0.4 is 0 Å². The second-order valence-corrected chi connectivity index (χ2v) is 3.33. The van der Waals surface area contributed by atoms with E-state index in [1.807, 2.05) is 0 Å². The van der Waals surface area contributed by atoms with Crippen LogP contribution in [0.2, 0.25) is 0 Å². The lowest BCUT2D eigenvalue weighted by Gasteiger charge is -2.10. The minimum atomic E-state index is -1.00. The van der Waals surface area contributed by atoms with Crippen molar-refractivity contribution < 1.29 is 19.7 Å². The molecule has 15 heavy (non-hydrogen) atoms. The molecule has 0 bridgehead atoms. The van der Waals surface area contributed by atoms with Crippen molar-refractivity contribution in [3.05, 3.63) is 17.0 Å². The number of aromatic nitrogens is 2. The Morgan fingerprint density at radius 3 is 3.07 bits per heavy atom. The summed E-state index contributed by atoms with van der Waals surface area (Å²) in [5.74, 6) is -1.00. The van der Waals surface area contributed by atoms with Crippen LogP contribution in [0.25, 0.3) is 0 Å². The monoisotopic (exact) mass is 212 g/mol. The Labute approximate surface area is 86.1 Å². The van der Waals surface area contributed by atoms with Gasteiger partial charge in [-0.1, -0.05) is 0 Å². The van der Waals surface area contributed by atoms with Crippen LogP contribution in [0, 0.1) is 0 Å². The van der Waals surface area contributed by atoms with Crippen LogP contribution in [-0.4, -0.2) is 39.2 Å². The van der Waals surface area contributed by atoms with Crippen LogP contribution in [0.3, 0.4) is 0 Å². The van der Waals surface area contributed by atoms with Crippen molar-refractivity contribution >= 4 is 5.97 Å². The molecule has 0 spiro atoms. The zero-order valence-corrected chi connectivity index (χ0v) is 8.14. The van der Waals surface area contributed by atoms with Crippen LogP contribution >= 0.6 is 0 Å². The molecular formula is C9H12N2O4. The second-order valence-electron chi connectivity index (χ2n) is 3.33. The standard InChI is InChI=1S/C9H12N2O4/c12-3-2-11-8(9(13)14)6-1-4-15-5-7(6)10-11/h12H,1-5H2,(H,13,14). The Morgan fingerprint density at radius 2 is 2.40 bits per heavy atom. The fourth-order valence-electron chi connectivity index (χ4n) is 1.77. The van der Waals surface area contributed by atoms with E-state index in [1.165, 1.54) is 4.68 Å². The van der Waals surface area contributed by atoms with E-state index < -0.39 is 5.97 Å². The summed E-state index contributed by atoms with van der Waals surface area (Å²) < 4.78 is 6.53. The first-order valence-corrected chi connectivity index (χ1v) is 4.74. The van der Waals surface area contributed by atoms with Gasteiger partial charge in [0.1, 0.15) is 5.69 Å². The first-order valence-electron chi connectivity index (χ1n) is 4.74. The largest absolute Gasteiger partial charge is 0.477 e. The number of ether oxygens (including phenoxy) is 1. The third kappa shape index (κ3) is 1.73. The maximum absolute atomic E-state index is 11.0. The summed E-state index contributed by atoms with van der Waals surface area (Å²) in [6, 6.07) is 0. The number of rotatable bonds is 3. The molecule has 6 heteroatoms. The smallest absolute Gasteiger partial charge is 0.354 e. The van der Waals surface area contributed by atoms with Crippen LogP contribution in [0.4, 0.5) is 0 Å². The van der Waals surface area contributed by atoms with Gasteiger partial charge in [-0.2, -0.15) is 5.10 Å². The fourth-order valence-corrected chi connectivity index (χ4v) is 1.77. The van der Waals surface area contributed by atoms with E-state index >= 15 is 0 Å². The maximum atomic E-state index is 11.0. The van der Waals surface area contributed by atoms with Crippen LogP contribution in [0.15, 0.2) is 0 Å². The highest BCUT2D eigenvalue weighted by molar-refractivity contribution is 5.87. The number of carboxylic acid groups (broad SMARTS) is 1. The summed E-state index contributed by atoms with van der Waals surface area (Å²) in [7, 11) is 0. The minimum Gasteiger partial charge on any atom is -0.477 e. The summed E-state index contributed by atoms with van der Waals surface area (Å²) in [5.41, 5.74) is 1.59. The summed E-state index contributed by atoms with van der Waals surface area (Å²) in [5, 5.41) is 22.0. The van der Waals surface area contributed by atoms with E-state index in [9.17, 15) is 4.79 Å². The van der Waals surface area contributed by atoms with Gasteiger partial charge in [0.05, 0.1) is 32.1 Å². The van der Waals surface area contributed by atoms with E-state index in [0.29, 0.717) is 25.3 Å². The first kappa shape index (κ1) is 10.1. The van der Waals surface area contributed by atoms with Gasteiger partial charge in [0.25, 0.3) is 0 Å². The number of fused-ring (bicyclic) bond motifs is 1. The lowest BCUT2D eigenvalue weighted by atomic mass is 10.1. The number of aliphatic hydroxyl groups excluding tert-OH is 1. The van der Waals surface area contributed by atoms with E-state index in [1.54, 1.807) is 0 Å². The molecule has 1 aromatic rings. The van der Waals surface area contributed by atoms with Gasteiger partial charge >= 0.3 is 5.97 Å². The molecule has 2 N–H and O–H groups in total. The highest BCUT2D eigenvalue weighted by atomic mass is 16.5. The molecule has 2 rings (SSSR count). The van der Waals surface area contributed by atoms with E-state index in [4.69, 9.17) is 14.9 Å². The number of nitrogens with zero attached hydrogens (tertiary/aromatic N) is 2. The SMILES string of the molecule is O=C(O)c1c2c(nn1CCO)COCC2. The third-order valence-electron chi connectivity index (χ3n) is 2.38. The molecule has 6 nitrogen and oxygen atoms in total. The molecule has 82 valence electrons. The Kier molecular flexibility index (Phi) is 2.70. The average Bonchev–Trinajstić information content (AvgIpc) is 2.56. The van der Waals surface area contributed by atoms with Gasteiger partial charge in [0.2, 0.25) is 0 Å². The number of carbonyl (C=O) groups is 1. The molecule has 0 aromatic carbocycles. The molecule has 1 aliphatic heterocycles. The van der Waals surface area contributed by atoms with Crippen LogP contribution in [0.5, 0.6) is 0 Å². The average molecular weight is 212 g/mol. The minimum absolute atomic E-state index is 0.123. The summed E-state index contributed by atoms with van der Waals surface area (Å²) in [6.07, 6.45) is 0.572. The highest BCUT2D eigenvalue weighted by Gasteiger charge is 2.24. The summed E-state index contributed by atoms with van der Waals surface area (Å²) in [4.78, 5) is 11.0. The van der Waals surface area contributed by atoms with Gasteiger partial charge in [0, 0.05) is 12.0 Å². The topological polar surface area (TPSA) is 84.6 Å². The molecule has 0 saturated heterocycles. The van der Waals surface area contributed by atoms with Crippen molar-refractivity contribution in [1.82, 2.24) is 9.78 Å². The predicted molar refractivity (Wildman–Crippen MR) is 49.6 cm³/mol. The van der Waals surface area contributed by atoms with Gasteiger partial charge in [-0.3, -0.25) is 4.68 Å². The van der Waals surface area contributed by atoms with E-state index in [-0.39, 0.29) is 18.8 Å². The van der Waals surface area contributed by atoms with Gasteiger partial charge in [-0.15, -0.1) is 0 Å². The number of aliphatic hydroxyl groups is 1. The number of carboxylic acids is 1. The van der Waals surface area contributed by atoms with Gasteiger partial charge in [-0.25, -0.2) is 4.79 Å². The van der Waals surface area contributed by atoms with Gasteiger partial charge in [-0.05, 0) is 0 Å². The molecule has 0 saturated carbocycles. The molecule has 0 radical (unpaired) electrons. The molecule has 0 amide bonds. The lowest BCUT2D eigenvalue weighted by molar-refractivity contribution is 0.0678. The molecule has 0 fully saturated rings. The van der Waals surface area contributed by atoms with Gasteiger partial charge < -0.3 is 14.9 Å². The summed E-state index contributed by atoms with van der Waals surface area (Å²) >= 11 is 0. The normalized spacial score (nSPS) is 15.0. The second kappa shape index (κ2) is 4.00. The first-order chi connectivity index (χ1) is 7.24. The molecular weight excluding hydrogens is 200 g/mol. The summed E-state index contributed by atoms with van der Waals surface area (Å²) in [6.45, 7) is 0.961. The molecule has 1 aromatic heterocycles. The van der Waals surface area contributed by atoms with E-state index in [0.717, 1.165) is 5.56 Å². The van der Waals surface area contributed by atoms with Crippen molar-refractivity contribution in [3.8, 4) is 0 Å². The fraction of sp³-hybridized carbons (Fsp3) is 0.556. The predicted octanol–water partition coefficient (Wildman–Crippen LogP) is -0.354. The van der Waals surface area contributed by atoms with Crippen molar-refractivity contribution in [2.75, 3.05) is 13.2 Å². The Morgan fingerprint density at radius 1 is 1.60 bits per heavy atom. The molecule has 1 aliphatic rings. The quantitative estimate of drug-likeness (QED) is 0.715. The van der Waals surface area contributed by atoms with Gasteiger partial charge in [0.15, 0.2) is 0 Å². The van der Waals surface area contributed by atoms with Crippen LogP contribution in [0.1, 0.15) is 21.7 Å². The Hall–Kier alpha value is -1.40. The number of hydrogen-bond donors (Lipinski definition) is 2. The van der Waals surface area contributed by atoms with Crippen molar-refractivity contribution in [2.45, 2.75) is 19.6 Å². The highest BCUT2D eigenvalue weighted by Crippen LogP contribution is 2.20. The van der Waals surface area contributed by atoms with E-state index in [2.05, 4.69) is 5.10 Å². The number of hydrogen-bond acceptors (Lipinski definition) is 4. The Balaban J connectivity index is 2.46. The van der Waals surface area contributed by atoms with Crippen LogP contribution in [-0.2, 0) is 24.3 Å². The maximum Gasteiger partial charge on any atom is 0.354 e. The third-order valence-corrected chi connectivity index (χ3v) is 2.38. The Bertz CT molecular complexity index is 386. The zero-order chi connectivity index (χ0) is 10.8. The lowest BCUT2D eigenvalue weighted by Crippen LogP contribution is -2.15. The molecule has 2 heterocycles. The molecule has 0 unspecified atom stereocenters. The number of aromatic carboxylic acids is 1. The van der Waals surface area contributed by atoms with Crippen molar-refractivity contribution in [1.29, 1.82) is 0 Å². The van der Waals surface area contributed by atoms with Crippen molar-refractivity contribution in [3.63, 3.8) is 0 Å². The van der Waals surface area contributed by atoms with Crippen molar-refractivity contribution in [2.24, 2.45) is 0 Å². The molecule has 0 atom stereocenters. The molecule has 0 aliphatic carbocycles. The zero-order valence-electron chi connectivity index (χ0n) is 8.14.